The van der Waals surface area contributed by atoms with Crippen LogP contribution in [0.3, 0.4) is 0 Å². The van der Waals surface area contributed by atoms with E-state index in [1.807, 2.05) is 12.1 Å². The van der Waals surface area contributed by atoms with E-state index in [2.05, 4.69) is 22.9 Å². The van der Waals surface area contributed by atoms with Crippen LogP contribution >= 0.6 is 0 Å². The van der Waals surface area contributed by atoms with Crippen LogP contribution in [0.5, 0.6) is 0 Å². The molecule has 0 radical (unpaired) electrons. The maximum absolute atomic E-state index is 8.82. The average molecular weight is 231 g/mol. The van der Waals surface area contributed by atoms with E-state index in [0.29, 0.717) is 11.7 Å². The third kappa shape index (κ3) is 3.02. The van der Waals surface area contributed by atoms with Gasteiger partial charge in [0.2, 0.25) is 0 Å². The first-order chi connectivity index (χ1) is 8.33. The second-order valence-corrected chi connectivity index (χ2v) is 4.27. The molecule has 4 heteroatoms. The maximum Gasteiger partial charge on any atom is 0.140 e. The number of pyridine rings is 1. The highest BCUT2D eigenvalue weighted by Gasteiger charge is 2.21. The van der Waals surface area contributed by atoms with E-state index < -0.39 is 0 Å². The van der Waals surface area contributed by atoms with Crippen molar-refractivity contribution in [3.63, 3.8) is 0 Å². The van der Waals surface area contributed by atoms with Crippen molar-refractivity contribution in [1.29, 1.82) is 5.26 Å². The lowest BCUT2D eigenvalue weighted by Gasteiger charge is -2.35. The van der Waals surface area contributed by atoms with Crippen LogP contribution in [0.15, 0.2) is 18.3 Å². The van der Waals surface area contributed by atoms with Crippen molar-refractivity contribution in [1.82, 2.24) is 9.88 Å². The van der Waals surface area contributed by atoms with E-state index >= 15 is 0 Å². The van der Waals surface area contributed by atoms with Gasteiger partial charge < -0.3 is 4.74 Å². The Kier molecular flexibility index (Phi) is 4.08. The number of rotatable bonds is 3. The lowest BCUT2D eigenvalue weighted by molar-refractivity contribution is -0.0127. The van der Waals surface area contributed by atoms with Gasteiger partial charge in [0.25, 0.3) is 0 Å². The van der Waals surface area contributed by atoms with Gasteiger partial charge in [0.1, 0.15) is 11.8 Å². The zero-order chi connectivity index (χ0) is 12.1. The Labute approximate surface area is 102 Å². The summed E-state index contributed by atoms with van der Waals surface area (Å²) in [6.07, 6.45) is 2.80. The Bertz CT molecular complexity index is 413. The molecule has 0 saturated carbocycles. The minimum atomic E-state index is 0.488. The molecule has 0 aromatic carbocycles. The molecule has 17 heavy (non-hydrogen) atoms. The molecule has 1 unspecified atom stereocenters. The van der Waals surface area contributed by atoms with Gasteiger partial charge in [-0.15, -0.1) is 0 Å². The first kappa shape index (κ1) is 12.0. The van der Waals surface area contributed by atoms with Gasteiger partial charge in [-0.2, -0.15) is 5.26 Å². The van der Waals surface area contributed by atoms with Crippen LogP contribution in [-0.4, -0.2) is 35.7 Å². The molecule has 0 N–H and O–H groups in total. The highest BCUT2D eigenvalue weighted by atomic mass is 16.5. The second kappa shape index (κ2) is 5.76. The predicted molar refractivity (Wildman–Crippen MR) is 64.3 cm³/mol. The fourth-order valence-electron chi connectivity index (χ4n) is 2.14. The van der Waals surface area contributed by atoms with Crippen molar-refractivity contribution in [2.45, 2.75) is 25.9 Å². The van der Waals surface area contributed by atoms with Gasteiger partial charge in [-0.3, -0.25) is 4.90 Å². The van der Waals surface area contributed by atoms with Crippen molar-refractivity contribution in [3.8, 4) is 6.07 Å². The standard InChI is InChI=1S/C13H17N3O/c1-2-13-10-17-6-5-16(13)9-11-3-4-15-12(7-11)8-14/h3-4,7,13H,2,5-6,9-10H2,1H3. The van der Waals surface area contributed by atoms with Crippen LogP contribution < -0.4 is 0 Å². The molecule has 0 amide bonds. The van der Waals surface area contributed by atoms with Crippen molar-refractivity contribution < 1.29 is 4.74 Å². The van der Waals surface area contributed by atoms with E-state index in [4.69, 9.17) is 10.00 Å². The lowest BCUT2D eigenvalue weighted by Crippen LogP contribution is -2.44. The van der Waals surface area contributed by atoms with E-state index in [0.717, 1.165) is 38.3 Å². The van der Waals surface area contributed by atoms with Crippen LogP contribution in [0.25, 0.3) is 0 Å². The Morgan fingerprint density at radius 3 is 3.29 bits per heavy atom. The molecule has 1 aromatic heterocycles. The number of hydrogen-bond donors (Lipinski definition) is 0. The molecule has 0 bridgehead atoms. The molecule has 0 spiro atoms. The van der Waals surface area contributed by atoms with Crippen molar-refractivity contribution >= 4 is 0 Å². The topological polar surface area (TPSA) is 49.1 Å². The molecule has 1 saturated heterocycles. The number of nitriles is 1. The predicted octanol–water partition coefficient (Wildman–Crippen LogP) is 1.56. The molecule has 1 atom stereocenters. The first-order valence-corrected chi connectivity index (χ1v) is 6.00. The van der Waals surface area contributed by atoms with E-state index in [1.54, 1.807) is 6.20 Å². The summed E-state index contributed by atoms with van der Waals surface area (Å²) < 4.78 is 5.48. The van der Waals surface area contributed by atoms with Gasteiger partial charge >= 0.3 is 0 Å². The molecule has 1 fully saturated rings. The number of nitrogens with zero attached hydrogens (tertiary/aromatic N) is 3. The minimum absolute atomic E-state index is 0.488. The molecule has 1 aliphatic heterocycles. The number of ether oxygens (including phenoxy) is 1. The zero-order valence-corrected chi connectivity index (χ0v) is 10.1. The Hall–Kier alpha value is -1.44. The Morgan fingerprint density at radius 2 is 2.53 bits per heavy atom. The number of morpholine rings is 1. The largest absolute Gasteiger partial charge is 0.378 e. The highest BCUT2D eigenvalue weighted by molar-refractivity contribution is 5.25. The Balaban J connectivity index is 2.06. The van der Waals surface area contributed by atoms with E-state index in [-0.39, 0.29) is 0 Å². The van der Waals surface area contributed by atoms with Crippen LogP contribution in [0.2, 0.25) is 0 Å². The monoisotopic (exact) mass is 231 g/mol. The Morgan fingerprint density at radius 1 is 1.65 bits per heavy atom. The summed E-state index contributed by atoms with van der Waals surface area (Å²) in [4.78, 5) is 6.40. The summed E-state index contributed by atoms with van der Waals surface area (Å²) in [7, 11) is 0. The van der Waals surface area contributed by atoms with Gasteiger partial charge in [0.15, 0.2) is 0 Å². The minimum Gasteiger partial charge on any atom is -0.378 e. The first-order valence-electron chi connectivity index (χ1n) is 6.00. The summed E-state index contributed by atoms with van der Waals surface area (Å²) in [5, 5.41) is 8.82. The molecule has 1 aliphatic rings. The maximum atomic E-state index is 8.82. The lowest BCUT2D eigenvalue weighted by atomic mass is 10.1. The average Bonchev–Trinajstić information content (AvgIpc) is 2.39. The SMILES string of the molecule is CCC1COCCN1Cc1ccnc(C#N)c1. The fraction of sp³-hybridized carbons (Fsp3) is 0.538. The summed E-state index contributed by atoms with van der Waals surface area (Å²) in [5.74, 6) is 0. The van der Waals surface area contributed by atoms with Crippen LogP contribution in [0.4, 0.5) is 0 Å². The molecule has 0 aliphatic carbocycles. The van der Waals surface area contributed by atoms with Gasteiger partial charge in [-0.25, -0.2) is 4.98 Å². The quantitative estimate of drug-likeness (QED) is 0.792. The van der Waals surface area contributed by atoms with Crippen LogP contribution in [-0.2, 0) is 11.3 Å². The number of aromatic nitrogens is 1. The number of hydrogen-bond acceptors (Lipinski definition) is 4. The zero-order valence-electron chi connectivity index (χ0n) is 10.1. The summed E-state index contributed by atoms with van der Waals surface area (Å²) in [6.45, 7) is 5.63. The van der Waals surface area contributed by atoms with Crippen molar-refractivity contribution in [2.75, 3.05) is 19.8 Å². The highest BCUT2D eigenvalue weighted by Crippen LogP contribution is 2.14. The smallest absolute Gasteiger partial charge is 0.140 e. The molecule has 90 valence electrons. The van der Waals surface area contributed by atoms with Gasteiger partial charge in [-0.05, 0) is 24.1 Å². The summed E-state index contributed by atoms with van der Waals surface area (Å²) >= 11 is 0. The molecular formula is C13H17N3O. The van der Waals surface area contributed by atoms with E-state index in [9.17, 15) is 0 Å². The molecule has 2 heterocycles. The third-order valence-electron chi connectivity index (χ3n) is 3.15. The van der Waals surface area contributed by atoms with Gasteiger partial charge in [0, 0.05) is 25.3 Å². The van der Waals surface area contributed by atoms with Crippen LogP contribution in [0, 0.1) is 11.3 Å². The van der Waals surface area contributed by atoms with Crippen LogP contribution in [0.1, 0.15) is 24.6 Å². The summed E-state index contributed by atoms with van der Waals surface area (Å²) in [5.41, 5.74) is 1.64. The molecule has 4 nitrogen and oxygen atoms in total. The van der Waals surface area contributed by atoms with Crippen molar-refractivity contribution in [3.05, 3.63) is 29.6 Å². The molecule has 2 rings (SSSR count). The van der Waals surface area contributed by atoms with Gasteiger partial charge in [-0.1, -0.05) is 6.92 Å². The fourth-order valence-corrected chi connectivity index (χ4v) is 2.14. The molecule has 1 aromatic rings. The van der Waals surface area contributed by atoms with E-state index in [1.165, 1.54) is 0 Å². The van der Waals surface area contributed by atoms with Gasteiger partial charge in [0.05, 0.1) is 13.2 Å². The summed E-state index contributed by atoms with van der Waals surface area (Å²) in [6, 6.07) is 6.40. The third-order valence-corrected chi connectivity index (χ3v) is 3.15. The van der Waals surface area contributed by atoms with Crippen molar-refractivity contribution in [2.24, 2.45) is 0 Å². The second-order valence-electron chi connectivity index (χ2n) is 4.27. The normalized spacial score (nSPS) is 21.1. The molecular weight excluding hydrogens is 214 g/mol.